The highest BCUT2D eigenvalue weighted by molar-refractivity contribution is 7.80. The molecular weight excluding hydrogens is 430 g/mol. The maximum absolute atomic E-state index is 12.3. The Kier molecular flexibility index (Phi) is 7.37. The number of nitro groups is 1. The summed E-state index contributed by atoms with van der Waals surface area (Å²) in [4.78, 5) is 38.9. The van der Waals surface area contributed by atoms with Crippen LogP contribution in [-0.4, -0.2) is 52.9 Å². The molecule has 0 aliphatic carbocycles. The number of carbonyl (C=O) groups is 2. The van der Waals surface area contributed by atoms with Gasteiger partial charge in [0.05, 0.1) is 4.92 Å². The lowest BCUT2D eigenvalue weighted by molar-refractivity contribution is -0.384. The highest BCUT2D eigenvalue weighted by Gasteiger charge is 2.23. The third-order valence-corrected chi connectivity index (χ3v) is 5.33. The molecule has 0 radical (unpaired) electrons. The van der Waals surface area contributed by atoms with E-state index in [2.05, 4.69) is 15.5 Å². The number of non-ortho nitro benzene ring substituents is 1. The average molecular weight is 456 g/mol. The number of anilines is 2. The van der Waals surface area contributed by atoms with Gasteiger partial charge in [-0.25, -0.2) is 0 Å². The summed E-state index contributed by atoms with van der Waals surface area (Å²) >= 11 is 5.19. The van der Waals surface area contributed by atoms with Gasteiger partial charge < -0.3 is 15.1 Å². The van der Waals surface area contributed by atoms with Crippen molar-refractivity contribution in [2.75, 3.05) is 36.4 Å². The second-order valence-corrected chi connectivity index (χ2v) is 8.14. The van der Waals surface area contributed by atoms with Gasteiger partial charge in [0.2, 0.25) is 5.91 Å². The van der Waals surface area contributed by atoms with E-state index >= 15 is 0 Å². The number of hydrogen-bond acceptors (Lipinski definition) is 6. The van der Waals surface area contributed by atoms with Gasteiger partial charge in [-0.3, -0.25) is 25.0 Å². The molecule has 2 N–H and O–H groups in total. The molecule has 0 aromatic heterocycles. The zero-order valence-corrected chi connectivity index (χ0v) is 18.7. The van der Waals surface area contributed by atoms with E-state index in [4.69, 9.17) is 12.2 Å². The van der Waals surface area contributed by atoms with E-state index in [9.17, 15) is 19.7 Å². The van der Waals surface area contributed by atoms with Crippen LogP contribution < -0.4 is 15.5 Å². The Morgan fingerprint density at radius 1 is 1.06 bits per heavy atom. The first-order valence-corrected chi connectivity index (χ1v) is 10.7. The Bertz CT molecular complexity index is 1020. The molecule has 0 atom stereocenters. The van der Waals surface area contributed by atoms with Gasteiger partial charge in [-0.2, -0.15) is 0 Å². The zero-order chi connectivity index (χ0) is 23.3. The lowest BCUT2D eigenvalue weighted by atomic mass is 10.1. The van der Waals surface area contributed by atoms with Crippen LogP contribution in [0.2, 0.25) is 0 Å². The number of nitro benzene ring substituents is 1. The fourth-order valence-corrected chi connectivity index (χ4v) is 3.61. The first-order valence-electron chi connectivity index (χ1n) is 10.2. The summed E-state index contributed by atoms with van der Waals surface area (Å²) in [5.74, 6) is -0.338. The minimum absolute atomic E-state index is 0.00764. The van der Waals surface area contributed by atoms with Crippen molar-refractivity contribution in [2.45, 2.75) is 13.8 Å². The van der Waals surface area contributed by atoms with E-state index in [0.29, 0.717) is 18.8 Å². The number of hydrogen-bond donors (Lipinski definition) is 2. The summed E-state index contributed by atoms with van der Waals surface area (Å²) < 4.78 is 0. The molecule has 2 aromatic carbocycles. The fourth-order valence-electron chi connectivity index (χ4n) is 3.40. The Balaban J connectivity index is 1.53. The summed E-state index contributed by atoms with van der Waals surface area (Å²) in [7, 11) is 0. The van der Waals surface area contributed by atoms with Gasteiger partial charge in [0.15, 0.2) is 5.11 Å². The fraction of sp³-hybridized carbons (Fsp3) is 0.318. The quantitative estimate of drug-likeness (QED) is 0.405. The van der Waals surface area contributed by atoms with E-state index in [1.54, 1.807) is 0 Å². The molecule has 10 heteroatoms. The van der Waals surface area contributed by atoms with Crippen molar-refractivity contribution < 1.29 is 14.5 Å². The van der Waals surface area contributed by atoms with Crippen molar-refractivity contribution >= 4 is 46.2 Å². The molecule has 0 saturated carbocycles. The van der Waals surface area contributed by atoms with Gasteiger partial charge in [0.1, 0.15) is 0 Å². The molecule has 1 aliphatic rings. The van der Waals surface area contributed by atoms with Crippen molar-refractivity contribution in [3.8, 4) is 0 Å². The number of piperazine rings is 1. The largest absolute Gasteiger partial charge is 0.368 e. The molecule has 2 amide bonds. The van der Waals surface area contributed by atoms with Gasteiger partial charge in [0.25, 0.3) is 11.6 Å². The molecule has 2 aromatic rings. The summed E-state index contributed by atoms with van der Waals surface area (Å²) in [5, 5.41) is 16.4. The van der Waals surface area contributed by atoms with Crippen LogP contribution >= 0.6 is 12.2 Å². The third-order valence-electron chi connectivity index (χ3n) is 5.12. The Morgan fingerprint density at radius 2 is 1.72 bits per heavy atom. The summed E-state index contributed by atoms with van der Waals surface area (Å²) in [6.45, 7) is 6.76. The Labute approximate surface area is 191 Å². The lowest BCUT2D eigenvalue weighted by Gasteiger charge is -2.37. The highest BCUT2D eigenvalue weighted by Crippen LogP contribution is 2.20. The number of benzene rings is 2. The third kappa shape index (κ3) is 5.79. The van der Waals surface area contributed by atoms with Crippen LogP contribution in [0.3, 0.4) is 0 Å². The van der Waals surface area contributed by atoms with Crippen LogP contribution in [0.5, 0.6) is 0 Å². The molecule has 0 spiro atoms. The minimum Gasteiger partial charge on any atom is -0.368 e. The van der Waals surface area contributed by atoms with Gasteiger partial charge in [0, 0.05) is 61.2 Å². The summed E-state index contributed by atoms with van der Waals surface area (Å²) in [5.41, 5.74) is 1.72. The van der Waals surface area contributed by atoms with Crippen molar-refractivity contribution in [3.63, 3.8) is 0 Å². The van der Waals surface area contributed by atoms with E-state index in [1.807, 2.05) is 43.0 Å². The highest BCUT2D eigenvalue weighted by atomic mass is 32.1. The van der Waals surface area contributed by atoms with Crippen molar-refractivity contribution in [1.82, 2.24) is 10.2 Å². The van der Waals surface area contributed by atoms with E-state index in [1.165, 1.54) is 24.3 Å². The van der Waals surface area contributed by atoms with Crippen LogP contribution in [0.15, 0.2) is 48.5 Å². The van der Waals surface area contributed by atoms with Crippen LogP contribution in [0.25, 0.3) is 0 Å². The first-order chi connectivity index (χ1) is 15.2. The number of thiocarbonyl (C=S) groups is 1. The van der Waals surface area contributed by atoms with Crippen LogP contribution in [0.1, 0.15) is 24.2 Å². The molecule has 1 saturated heterocycles. The number of nitrogens with one attached hydrogen (secondary N) is 2. The monoisotopic (exact) mass is 455 g/mol. The number of nitrogens with zero attached hydrogens (tertiary/aromatic N) is 3. The maximum Gasteiger partial charge on any atom is 0.270 e. The molecule has 32 heavy (non-hydrogen) atoms. The normalized spacial score (nSPS) is 13.6. The second kappa shape index (κ2) is 10.2. The van der Waals surface area contributed by atoms with E-state index in [0.717, 1.165) is 18.8 Å². The maximum atomic E-state index is 12.3. The van der Waals surface area contributed by atoms with Crippen LogP contribution in [0.4, 0.5) is 17.1 Å². The van der Waals surface area contributed by atoms with Gasteiger partial charge in [-0.05, 0) is 42.5 Å². The minimum atomic E-state index is -0.559. The number of rotatable bonds is 5. The topological polar surface area (TPSA) is 108 Å². The van der Waals surface area contributed by atoms with Gasteiger partial charge in [-0.15, -0.1) is 0 Å². The number of amides is 2. The summed E-state index contributed by atoms with van der Waals surface area (Å²) in [6.07, 6.45) is 0. The molecule has 1 fully saturated rings. The molecule has 1 heterocycles. The van der Waals surface area contributed by atoms with Gasteiger partial charge in [-0.1, -0.05) is 19.9 Å². The molecule has 1 aliphatic heterocycles. The lowest BCUT2D eigenvalue weighted by Crippen LogP contribution is -2.49. The predicted molar refractivity (Wildman–Crippen MR) is 127 cm³/mol. The van der Waals surface area contributed by atoms with Crippen molar-refractivity contribution in [2.24, 2.45) is 5.92 Å². The van der Waals surface area contributed by atoms with E-state index < -0.39 is 10.8 Å². The van der Waals surface area contributed by atoms with Crippen molar-refractivity contribution in [3.05, 3.63) is 64.2 Å². The molecular formula is C22H25N5O4S. The van der Waals surface area contributed by atoms with E-state index in [-0.39, 0.29) is 28.2 Å². The second-order valence-electron chi connectivity index (χ2n) is 7.73. The SMILES string of the molecule is CC(C)C(=O)N1CCN(c2ccc(NC(=S)NC(=O)c3cccc([N+](=O)[O-])c3)cc2)CC1. The van der Waals surface area contributed by atoms with Crippen LogP contribution in [-0.2, 0) is 4.79 Å². The molecule has 0 bridgehead atoms. The predicted octanol–water partition coefficient (Wildman–Crippen LogP) is 3.03. The molecule has 168 valence electrons. The standard InChI is InChI=1S/C22H25N5O4S/c1-15(2)21(29)26-12-10-25(11-13-26)18-8-6-17(7-9-18)23-22(32)24-20(28)16-4-3-5-19(14-16)27(30)31/h3-9,14-15H,10-13H2,1-2H3,(H2,23,24,28,32). The molecule has 0 unspecified atom stereocenters. The van der Waals surface area contributed by atoms with Crippen LogP contribution in [0, 0.1) is 16.0 Å². The van der Waals surface area contributed by atoms with Gasteiger partial charge >= 0.3 is 0 Å². The molecule has 9 nitrogen and oxygen atoms in total. The molecule has 3 rings (SSSR count). The van der Waals surface area contributed by atoms with Crippen molar-refractivity contribution in [1.29, 1.82) is 0 Å². The smallest absolute Gasteiger partial charge is 0.270 e. The Morgan fingerprint density at radius 3 is 2.31 bits per heavy atom. The zero-order valence-electron chi connectivity index (χ0n) is 17.9. The Hall–Kier alpha value is -3.53. The summed E-state index contributed by atoms with van der Waals surface area (Å²) in [6, 6.07) is 13.0. The average Bonchev–Trinajstić information content (AvgIpc) is 2.79. The first kappa shape index (κ1) is 23.1. The number of carbonyl (C=O) groups excluding carboxylic acids is 2.